The molecule has 134 valence electrons. The number of benzene rings is 1. The van der Waals surface area contributed by atoms with E-state index in [-0.39, 0.29) is 24.1 Å². The van der Waals surface area contributed by atoms with Gasteiger partial charge in [0.25, 0.3) is 11.8 Å². The van der Waals surface area contributed by atoms with Gasteiger partial charge in [0.1, 0.15) is 11.6 Å². The zero-order chi connectivity index (χ0) is 18.7. The van der Waals surface area contributed by atoms with E-state index in [0.717, 1.165) is 28.2 Å². The number of rotatable bonds is 4. The Morgan fingerprint density at radius 3 is 2.62 bits per heavy atom. The Kier molecular flexibility index (Phi) is 5.60. The highest BCUT2D eigenvalue weighted by Crippen LogP contribution is 2.28. The van der Waals surface area contributed by atoms with E-state index in [1.807, 2.05) is 36.6 Å². The van der Waals surface area contributed by atoms with Gasteiger partial charge in [-0.2, -0.15) is 5.26 Å². The maximum absolute atomic E-state index is 13.0. The van der Waals surface area contributed by atoms with Crippen molar-refractivity contribution in [3.63, 3.8) is 0 Å². The number of imide groups is 1. The molecule has 26 heavy (non-hydrogen) atoms. The molecule has 1 saturated heterocycles. The van der Waals surface area contributed by atoms with E-state index in [1.165, 1.54) is 0 Å². The molecule has 6 heteroatoms. The lowest BCUT2D eigenvalue weighted by Crippen LogP contribution is -2.46. The lowest BCUT2D eigenvalue weighted by Gasteiger charge is -2.29. The molecular weight excluding hydrogens is 348 g/mol. The Morgan fingerprint density at radius 2 is 2.04 bits per heavy atom. The first kappa shape index (κ1) is 18.4. The molecule has 0 aliphatic carbocycles. The fourth-order valence-corrected chi connectivity index (χ4v) is 3.56. The summed E-state index contributed by atoms with van der Waals surface area (Å²) in [6, 6.07) is 9.76. The highest BCUT2D eigenvalue weighted by atomic mass is 32.2. The van der Waals surface area contributed by atoms with Crippen molar-refractivity contribution in [2.75, 3.05) is 19.4 Å². The zero-order valence-corrected chi connectivity index (χ0v) is 15.6. The molecule has 1 aromatic rings. The van der Waals surface area contributed by atoms with Crippen LogP contribution in [0.5, 0.6) is 0 Å². The number of nitrogens with zero attached hydrogens (tertiary/aromatic N) is 2. The average molecular weight is 368 g/mol. The molecule has 0 N–H and O–H groups in total. The normalized spacial score (nSPS) is 22.3. The first-order valence-corrected chi connectivity index (χ1v) is 9.72. The minimum absolute atomic E-state index is 0.0228. The molecule has 2 heterocycles. The maximum atomic E-state index is 13.0. The van der Waals surface area contributed by atoms with Gasteiger partial charge in [-0.3, -0.25) is 14.5 Å². The highest BCUT2D eigenvalue weighted by molar-refractivity contribution is 7.98. The summed E-state index contributed by atoms with van der Waals surface area (Å²) in [7, 11) is 0. The second-order valence-corrected chi connectivity index (χ2v) is 7.18. The third kappa shape index (κ3) is 3.59. The van der Waals surface area contributed by atoms with Gasteiger partial charge >= 0.3 is 0 Å². The van der Waals surface area contributed by atoms with Crippen molar-refractivity contribution < 1.29 is 14.3 Å². The lowest BCUT2D eigenvalue weighted by atomic mass is 9.93. The maximum Gasteiger partial charge on any atom is 0.271 e. The van der Waals surface area contributed by atoms with Crippen LogP contribution in [-0.4, -0.2) is 42.2 Å². The zero-order valence-electron chi connectivity index (χ0n) is 14.8. The minimum Gasteiger partial charge on any atom is -0.376 e. The van der Waals surface area contributed by atoms with E-state index in [4.69, 9.17) is 4.74 Å². The van der Waals surface area contributed by atoms with E-state index in [0.29, 0.717) is 17.8 Å². The van der Waals surface area contributed by atoms with Gasteiger partial charge in [0.2, 0.25) is 0 Å². The van der Waals surface area contributed by atoms with Crippen molar-refractivity contribution in [2.24, 2.45) is 0 Å². The third-order valence-electron chi connectivity index (χ3n) is 4.66. The van der Waals surface area contributed by atoms with E-state index in [2.05, 4.69) is 0 Å². The Morgan fingerprint density at radius 1 is 1.31 bits per heavy atom. The standard InChI is InChI=1S/C20H20N2O3S/c1-13-17(10-14-5-7-16(26-2)8-6-14)19(23)22(20(24)18(13)11-21)12-15-4-3-9-25-15/h5-8,10,15H,3-4,9,12H2,1-2H3/b17-10+. The molecule has 3 rings (SSSR count). The van der Waals surface area contributed by atoms with Crippen LogP contribution in [-0.2, 0) is 14.3 Å². The molecule has 0 bridgehead atoms. The first-order chi connectivity index (χ1) is 12.5. The topological polar surface area (TPSA) is 70.4 Å². The molecule has 1 fully saturated rings. The summed E-state index contributed by atoms with van der Waals surface area (Å²) >= 11 is 1.64. The van der Waals surface area contributed by atoms with Gasteiger partial charge in [-0.05, 0) is 55.4 Å². The Labute approximate surface area is 157 Å². The summed E-state index contributed by atoms with van der Waals surface area (Å²) in [4.78, 5) is 27.8. The Hall–Kier alpha value is -2.36. The van der Waals surface area contributed by atoms with Crippen LogP contribution in [0.1, 0.15) is 25.3 Å². The molecule has 2 aliphatic rings. The summed E-state index contributed by atoms with van der Waals surface area (Å²) in [6.45, 7) is 2.49. The van der Waals surface area contributed by atoms with Crippen molar-refractivity contribution in [3.8, 4) is 6.07 Å². The predicted octanol–water partition coefficient (Wildman–Crippen LogP) is 3.18. The van der Waals surface area contributed by atoms with Gasteiger partial charge in [0.05, 0.1) is 12.6 Å². The van der Waals surface area contributed by atoms with Crippen LogP contribution in [0.15, 0.2) is 45.9 Å². The van der Waals surface area contributed by atoms with Gasteiger partial charge in [0.15, 0.2) is 0 Å². The molecule has 0 radical (unpaired) electrons. The van der Waals surface area contributed by atoms with Crippen molar-refractivity contribution in [2.45, 2.75) is 30.8 Å². The number of carbonyl (C=O) groups excluding carboxylic acids is 2. The molecule has 1 aromatic carbocycles. The van der Waals surface area contributed by atoms with E-state index in [9.17, 15) is 14.9 Å². The van der Waals surface area contributed by atoms with Crippen LogP contribution >= 0.6 is 11.8 Å². The highest BCUT2D eigenvalue weighted by Gasteiger charge is 2.37. The summed E-state index contributed by atoms with van der Waals surface area (Å²) < 4.78 is 5.56. The summed E-state index contributed by atoms with van der Waals surface area (Å²) in [5.74, 6) is -0.892. The van der Waals surface area contributed by atoms with Crippen molar-refractivity contribution in [3.05, 3.63) is 46.5 Å². The van der Waals surface area contributed by atoms with Crippen molar-refractivity contribution >= 4 is 29.7 Å². The van der Waals surface area contributed by atoms with E-state index >= 15 is 0 Å². The van der Waals surface area contributed by atoms with Gasteiger partial charge in [-0.25, -0.2) is 0 Å². The molecule has 0 spiro atoms. The summed E-state index contributed by atoms with van der Waals surface area (Å²) in [5.41, 5.74) is 1.69. The number of nitriles is 1. The van der Waals surface area contributed by atoms with E-state index < -0.39 is 5.91 Å². The first-order valence-electron chi connectivity index (χ1n) is 8.50. The van der Waals surface area contributed by atoms with Crippen molar-refractivity contribution in [1.82, 2.24) is 4.90 Å². The van der Waals surface area contributed by atoms with Crippen molar-refractivity contribution in [1.29, 1.82) is 5.26 Å². The van der Waals surface area contributed by atoms with Crippen LogP contribution in [0.4, 0.5) is 0 Å². The van der Waals surface area contributed by atoms with Gasteiger partial charge in [-0.1, -0.05) is 12.1 Å². The quantitative estimate of drug-likeness (QED) is 0.464. The lowest BCUT2D eigenvalue weighted by molar-refractivity contribution is -0.142. The molecule has 2 amide bonds. The predicted molar refractivity (Wildman–Crippen MR) is 100 cm³/mol. The van der Waals surface area contributed by atoms with Gasteiger partial charge in [-0.15, -0.1) is 11.8 Å². The van der Waals surface area contributed by atoms with Crippen LogP contribution in [0, 0.1) is 11.3 Å². The largest absolute Gasteiger partial charge is 0.376 e. The summed E-state index contributed by atoms with van der Waals surface area (Å²) in [5, 5.41) is 9.42. The second kappa shape index (κ2) is 7.90. The molecule has 5 nitrogen and oxygen atoms in total. The molecule has 0 saturated carbocycles. The second-order valence-electron chi connectivity index (χ2n) is 6.30. The van der Waals surface area contributed by atoms with E-state index in [1.54, 1.807) is 24.8 Å². The van der Waals surface area contributed by atoms with Gasteiger partial charge < -0.3 is 4.74 Å². The minimum atomic E-state index is -0.527. The number of hydrogen-bond acceptors (Lipinski definition) is 5. The molecule has 2 aliphatic heterocycles. The number of ether oxygens (including phenoxy) is 1. The number of hydrogen-bond donors (Lipinski definition) is 0. The molecule has 0 aromatic heterocycles. The monoisotopic (exact) mass is 368 g/mol. The number of amides is 2. The molecule has 1 unspecified atom stereocenters. The Balaban J connectivity index is 1.97. The Bertz CT molecular complexity index is 828. The smallest absolute Gasteiger partial charge is 0.271 e. The fraction of sp³-hybridized carbons (Fsp3) is 0.350. The SMILES string of the molecule is CSc1ccc(/C=C2/C(=O)N(CC3CCCO3)C(=O)C(C#N)=C2C)cc1. The van der Waals surface area contributed by atoms with Gasteiger partial charge in [0, 0.05) is 17.1 Å². The molecular formula is C20H20N2O3S. The number of carbonyl (C=O) groups is 2. The van der Waals surface area contributed by atoms with Crippen LogP contribution in [0.2, 0.25) is 0 Å². The average Bonchev–Trinajstić information content (AvgIpc) is 3.16. The number of thioether (sulfide) groups is 1. The summed E-state index contributed by atoms with van der Waals surface area (Å²) in [6.07, 6.45) is 5.33. The van der Waals surface area contributed by atoms with Crippen LogP contribution in [0.3, 0.4) is 0 Å². The van der Waals surface area contributed by atoms with Crippen LogP contribution < -0.4 is 0 Å². The third-order valence-corrected chi connectivity index (χ3v) is 5.41. The fourth-order valence-electron chi connectivity index (χ4n) is 3.15. The van der Waals surface area contributed by atoms with Crippen LogP contribution in [0.25, 0.3) is 6.08 Å². The molecule has 1 atom stereocenters.